The van der Waals surface area contributed by atoms with Gasteiger partial charge in [-0.2, -0.15) is 0 Å². The maximum Gasteiger partial charge on any atom is 0.285 e. The second kappa shape index (κ2) is 5.41. The maximum absolute atomic E-state index is 11.8. The molecule has 2 rings (SSSR count). The molecule has 0 spiro atoms. The standard InChI is InChI=1S/C11H16BrClN2O/c12-6-9-10(13)11(16)15(14-9)7-8-4-2-1-3-5-8/h8,14H,1-7H2. The fourth-order valence-electron chi connectivity index (χ4n) is 2.36. The highest BCUT2D eigenvalue weighted by Gasteiger charge is 2.17. The summed E-state index contributed by atoms with van der Waals surface area (Å²) in [7, 11) is 0. The van der Waals surface area contributed by atoms with Crippen LogP contribution in [-0.2, 0) is 11.9 Å². The summed E-state index contributed by atoms with van der Waals surface area (Å²) in [5.74, 6) is 0.629. The fraction of sp³-hybridized carbons (Fsp3) is 0.727. The van der Waals surface area contributed by atoms with Gasteiger partial charge in [0.2, 0.25) is 0 Å². The zero-order valence-electron chi connectivity index (χ0n) is 9.14. The lowest BCUT2D eigenvalue weighted by Crippen LogP contribution is -2.23. The fourth-order valence-corrected chi connectivity index (χ4v) is 3.13. The number of hydrogen-bond donors (Lipinski definition) is 1. The van der Waals surface area contributed by atoms with Crippen molar-refractivity contribution in [1.29, 1.82) is 0 Å². The molecule has 1 aliphatic carbocycles. The molecule has 0 aliphatic heterocycles. The summed E-state index contributed by atoms with van der Waals surface area (Å²) in [5, 5.41) is 3.99. The van der Waals surface area contributed by atoms with Crippen molar-refractivity contribution in [2.75, 3.05) is 0 Å². The minimum Gasteiger partial charge on any atom is -0.297 e. The largest absolute Gasteiger partial charge is 0.297 e. The Labute approximate surface area is 108 Å². The molecule has 1 heterocycles. The molecule has 0 saturated heterocycles. The van der Waals surface area contributed by atoms with E-state index in [1.807, 2.05) is 0 Å². The van der Waals surface area contributed by atoms with Crippen LogP contribution in [-0.4, -0.2) is 9.78 Å². The Morgan fingerprint density at radius 2 is 2.06 bits per heavy atom. The van der Waals surface area contributed by atoms with Gasteiger partial charge >= 0.3 is 0 Å². The van der Waals surface area contributed by atoms with Gasteiger partial charge in [0.25, 0.3) is 5.56 Å². The zero-order chi connectivity index (χ0) is 11.5. The van der Waals surface area contributed by atoms with Crippen molar-refractivity contribution in [3.8, 4) is 0 Å². The highest BCUT2D eigenvalue weighted by Crippen LogP contribution is 2.24. The Bertz CT molecular complexity index is 407. The number of rotatable bonds is 3. The summed E-state index contributed by atoms with van der Waals surface area (Å²) in [6, 6.07) is 0. The maximum atomic E-state index is 11.8. The minimum absolute atomic E-state index is 0.0818. The SMILES string of the molecule is O=c1c(Cl)c(CBr)[nH]n1CC1CCCCC1. The van der Waals surface area contributed by atoms with Crippen LogP contribution in [0.15, 0.2) is 4.79 Å². The molecular weight excluding hydrogens is 291 g/mol. The van der Waals surface area contributed by atoms with E-state index in [2.05, 4.69) is 21.0 Å². The number of halogens is 2. The molecule has 1 aromatic rings. The molecule has 16 heavy (non-hydrogen) atoms. The molecule has 1 N–H and O–H groups in total. The smallest absolute Gasteiger partial charge is 0.285 e. The Kier molecular flexibility index (Phi) is 4.14. The quantitative estimate of drug-likeness (QED) is 0.855. The molecule has 5 heteroatoms. The van der Waals surface area contributed by atoms with E-state index in [-0.39, 0.29) is 5.56 Å². The van der Waals surface area contributed by atoms with Gasteiger partial charge in [0.05, 0.1) is 5.69 Å². The molecule has 1 saturated carbocycles. The predicted octanol–water partition coefficient (Wildman–Crippen LogP) is 3.31. The first kappa shape index (κ1) is 12.2. The summed E-state index contributed by atoms with van der Waals surface area (Å²) < 4.78 is 1.66. The number of nitrogens with zero attached hydrogens (tertiary/aromatic N) is 1. The van der Waals surface area contributed by atoms with E-state index in [0.29, 0.717) is 16.3 Å². The first-order chi connectivity index (χ1) is 7.72. The monoisotopic (exact) mass is 306 g/mol. The molecule has 0 unspecified atom stereocenters. The van der Waals surface area contributed by atoms with Crippen molar-refractivity contribution in [3.63, 3.8) is 0 Å². The number of hydrogen-bond acceptors (Lipinski definition) is 1. The van der Waals surface area contributed by atoms with Crippen LogP contribution in [0.1, 0.15) is 37.8 Å². The molecule has 0 radical (unpaired) electrons. The Hall–Kier alpha value is -0.220. The lowest BCUT2D eigenvalue weighted by molar-refractivity contribution is 0.304. The Morgan fingerprint density at radius 3 is 2.62 bits per heavy atom. The number of H-pyrrole nitrogens is 1. The van der Waals surface area contributed by atoms with Gasteiger partial charge in [-0.25, -0.2) is 0 Å². The number of alkyl halides is 1. The van der Waals surface area contributed by atoms with Gasteiger partial charge in [0.1, 0.15) is 5.02 Å². The molecule has 90 valence electrons. The van der Waals surface area contributed by atoms with Gasteiger partial charge in [0, 0.05) is 11.9 Å². The van der Waals surface area contributed by atoms with E-state index in [1.165, 1.54) is 32.1 Å². The van der Waals surface area contributed by atoms with Crippen molar-refractivity contribution in [2.45, 2.75) is 44.0 Å². The average molecular weight is 308 g/mol. The van der Waals surface area contributed by atoms with Crippen LogP contribution in [0.25, 0.3) is 0 Å². The van der Waals surface area contributed by atoms with Gasteiger partial charge in [-0.1, -0.05) is 46.8 Å². The topological polar surface area (TPSA) is 37.8 Å². The summed E-state index contributed by atoms with van der Waals surface area (Å²) >= 11 is 9.25. The Morgan fingerprint density at radius 1 is 1.38 bits per heavy atom. The van der Waals surface area contributed by atoms with Crippen molar-refractivity contribution in [2.24, 2.45) is 5.92 Å². The molecule has 1 aliphatic rings. The van der Waals surface area contributed by atoms with E-state index >= 15 is 0 Å². The second-order valence-electron chi connectivity index (χ2n) is 4.46. The van der Waals surface area contributed by atoms with E-state index < -0.39 is 0 Å². The number of aromatic nitrogens is 2. The van der Waals surface area contributed by atoms with Crippen molar-refractivity contribution >= 4 is 27.5 Å². The zero-order valence-corrected chi connectivity index (χ0v) is 11.5. The third-order valence-corrected chi connectivity index (χ3v) is 4.22. The van der Waals surface area contributed by atoms with Gasteiger partial charge in [-0.3, -0.25) is 14.6 Å². The van der Waals surface area contributed by atoms with Crippen LogP contribution in [0.3, 0.4) is 0 Å². The van der Waals surface area contributed by atoms with Crippen LogP contribution in [0.5, 0.6) is 0 Å². The van der Waals surface area contributed by atoms with E-state index in [4.69, 9.17) is 11.6 Å². The first-order valence-corrected chi connectivity index (χ1v) is 7.25. The lowest BCUT2D eigenvalue weighted by Gasteiger charge is -2.21. The summed E-state index contributed by atoms with van der Waals surface area (Å²) in [5.41, 5.74) is 0.698. The van der Waals surface area contributed by atoms with Gasteiger partial charge in [0.15, 0.2) is 0 Å². The molecular formula is C11H16BrClN2O. The van der Waals surface area contributed by atoms with Crippen LogP contribution in [0, 0.1) is 5.92 Å². The second-order valence-corrected chi connectivity index (χ2v) is 5.40. The minimum atomic E-state index is -0.0818. The van der Waals surface area contributed by atoms with E-state index in [0.717, 1.165) is 12.2 Å². The van der Waals surface area contributed by atoms with Crippen LogP contribution >= 0.6 is 27.5 Å². The average Bonchev–Trinajstić information content (AvgIpc) is 2.58. The van der Waals surface area contributed by atoms with Crippen molar-refractivity contribution in [1.82, 2.24) is 9.78 Å². The molecule has 3 nitrogen and oxygen atoms in total. The molecule has 0 bridgehead atoms. The molecule has 0 atom stereocenters. The number of nitrogens with one attached hydrogen (secondary N) is 1. The lowest BCUT2D eigenvalue weighted by atomic mass is 9.89. The van der Waals surface area contributed by atoms with Crippen molar-refractivity contribution in [3.05, 3.63) is 21.1 Å². The third kappa shape index (κ3) is 2.54. The molecule has 1 fully saturated rings. The normalized spacial score (nSPS) is 17.9. The van der Waals surface area contributed by atoms with Gasteiger partial charge in [-0.05, 0) is 18.8 Å². The summed E-state index contributed by atoms with van der Waals surface area (Å²) in [6.07, 6.45) is 6.38. The first-order valence-electron chi connectivity index (χ1n) is 5.75. The van der Waals surface area contributed by atoms with E-state index in [9.17, 15) is 4.79 Å². The Balaban J connectivity index is 2.11. The van der Waals surface area contributed by atoms with Gasteiger partial charge in [-0.15, -0.1) is 0 Å². The number of aromatic amines is 1. The highest BCUT2D eigenvalue weighted by molar-refractivity contribution is 9.08. The van der Waals surface area contributed by atoms with Crippen molar-refractivity contribution < 1.29 is 0 Å². The van der Waals surface area contributed by atoms with Gasteiger partial charge < -0.3 is 0 Å². The predicted molar refractivity (Wildman–Crippen MR) is 69.3 cm³/mol. The molecule has 1 aromatic heterocycles. The third-order valence-electron chi connectivity index (χ3n) is 3.27. The van der Waals surface area contributed by atoms with Crippen LogP contribution in [0.4, 0.5) is 0 Å². The molecule has 0 amide bonds. The van der Waals surface area contributed by atoms with Crippen LogP contribution < -0.4 is 5.56 Å². The van der Waals surface area contributed by atoms with Crippen LogP contribution in [0.2, 0.25) is 5.02 Å². The summed E-state index contributed by atoms with van der Waals surface area (Å²) in [6.45, 7) is 0.783. The molecule has 0 aromatic carbocycles. The highest BCUT2D eigenvalue weighted by atomic mass is 79.9. The van der Waals surface area contributed by atoms with E-state index in [1.54, 1.807) is 4.68 Å². The summed E-state index contributed by atoms with van der Waals surface area (Å²) in [4.78, 5) is 11.8.